The maximum Gasteiger partial charge on any atom is 0.137 e. The summed E-state index contributed by atoms with van der Waals surface area (Å²) in [6.07, 6.45) is 2.52. The quantitative estimate of drug-likeness (QED) is 0.649. The average Bonchev–Trinajstić information content (AvgIpc) is 2.19. The van der Waals surface area contributed by atoms with Crippen LogP contribution in [0.1, 0.15) is 26.2 Å². The number of ketones is 1. The van der Waals surface area contributed by atoms with E-state index in [1.165, 1.54) is 0 Å². The van der Waals surface area contributed by atoms with Gasteiger partial charge in [-0.3, -0.25) is 4.79 Å². The second-order valence-electron chi connectivity index (χ2n) is 3.46. The molecule has 13 heavy (non-hydrogen) atoms. The minimum Gasteiger partial charge on any atom is -0.381 e. The molecule has 1 N–H and O–H groups in total. The number of Topliss-reactive ketones (excluding diaryl/α,β-unsaturated/α-hetero) is 1. The Bertz CT molecular complexity index is 153. The molecule has 3 nitrogen and oxygen atoms in total. The van der Waals surface area contributed by atoms with Crippen molar-refractivity contribution in [2.24, 2.45) is 5.92 Å². The maximum atomic E-state index is 11.6. The summed E-state index contributed by atoms with van der Waals surface area (Å²) in [5.74, 6) is 0.677. The van der Waals surface area contributed by atoms with Crippen LogP contribution < -0.4 is 5.32 Å². The molecule has 0 aromatic rings. The molecule has 0 aromatic heterocycles. The molecule has 0 aliphatic carbocycles. The third kappa shape index (κ3) is 3.87. The Hall–Kier alpha value is -0.410. The third-order valence-corrected chi connectivity index (χ3v) is 2.47. The zero-order valence-electron chi connectivity index (χ0n) is 8.34. The van der Waals surface area contributed by atoms with Gasteiger partial charge in [-0.05, 0) is 19.4 Å². The van der Waals surface area contributed by atoms with Crippen molar-refractivity contribution in [3.8, 4) is 0 Å². The van der Waals surface area contributed by atoms with Gasteiger partial charge in [0.2, 0.25) is 0 Å². The summed E-state index contributed by atoms with van der Waals surface area (Å²) >= 11 is 0. The molecular formula is C10H19NO2. The normalized spacial score (nSPS) is 18.8. The Morgan fingerprint density at radius 3 is 2.77 bits per heavy atom. The number of ether oxygens (including phenoxy) is 1. The van der Waals surface area contributed by atoms with E-state index in [0.717, 1.165) is 39.1 Å². The summed E-state index contributed by atoms with van der Waals surface area (Å²) in [7, 11) is 0. The van der Waals surface area contributed by atoms with Crippen LogP contribution in [-0.2, 0) is 9.53 Å². The van der Waals surface area contributed by atoms with Crippen LogP contribution in [0.2, 0.25) is 0 Å². The minimum absolute atomic E-state index is 0.271. The highest BCUT2D eigenvalue weighted by molar-refractivity contribution is 5.81. The van der Waals surface area contributed by atoms with Crippen LogP contribution in [0.3, 0.4) is 0 Å². The second kappa shape index (κ2) is 6.11. The van der Waals surface area contributed by atoms with Crippen LogP contribution >= 0.6 is 0 Å². The van der Waals surface area contributed by atoms with E-state index < -0.39 is 0 Å². The summed E-state index contributed by atoms with van der Waals surface area (Å²) in [5.41, 5.74) is 0. The van der Waals surface area contributed by atoms with Crippen LogP contribution in [0.4, 0.5) is 0 Å². The molecule has 0 unspecified atom stereocenters. The van der Waals surface area contributed by atoms with E-state index in [-0.39, 0.29) is 5.92 Å². The number of hydrogen-bond donors (Lipinski definition) is 1. The zero-order valence-corrected chi connectivity index (χ0v) is 8.34. The molecule has 1 saturated heterocycles. The van der Waals surface area contributed by atoms with Gasteiger partial charge in [-0.15, -0.1) is 0 Å². The first-order chi connectivity index (χ1) is 6.34. The predicted molar refractivity (Wildman–Crippen MR) is 51.7 cm³/mol. The monoisotopic (exact) mass is 185 g/mol. The number of hydrogen-bond acceptors (Lipinski definition) is 3. The molecule has 76 valence electrons. The third-order valence-electron chi connectivity index (χ3n) is 2.47. The first-order valence-electron chi connectivity index (χ1n) is 5.15. The first kappa shape index (κ1) is 10.7. The lowest BCUT2D eigenvalue weighted by molar-refractivity contribution is -0.125. The number of carbonyl (C=O) groups excluding carboxylic acids is 1. The molecule has 1 rings (SSSR count). The molecule has 0 radical (unpaired) electrons. The van der Waals surface area contributed by atoms with Crippen molar-refractivity contribution in [1.29, 1.82) is 0 Å². The minimum atomic E-state index is 0.271. The van der Waals surface area contributed by atoms with Crippen LogP contribution in [0.5, 0.6) is 0 Å². The maximum absolute atomic E-state index is 11.6. The smallest absolute Gasteiger partial charge is 0.137 e. The van der Waals surface area contributed by atoms with Crippen LogP contribution in [0.25, 0.3) is 0 Å². The fraction of sp³-hybridized carbons (Fsp3) is 0.900. The number of rotatable bonds is 5. The van der Waals surface area contributed by atoms with Crippen LogP contribution in [0, 0.1) is 5.92 Å². The second-order valence-corrected chi connectivity index (χ2v) is 3.46. The van der Waals surface area contributed by atoms with Crippen LogP contribution in [0.15, 0.2) is 0 Å². The average molecular weight is 185 g/mol. The van der Waals surface area contributed by atoms with Crippen molar-refractivity contribution in [2.45, 2.75) is 26.2 Å². The molecule has 0 aromatic carbocycles. The van der Waals surface area contributed by atoms with Gasteiger partial charge in [0, 0.05) is 32.1 Å². The summed E-state index contributed by atoms with van der Waals surface area (Å²) in [4.78, 5) is 11.6. The van der Waals surface area contributed by atoms with E-state index in [1.54, 1.807) is 0 Å². The molecule has 3 heteroatoms. The van der Waals surface area contributed by atoms with Gasteiger partial charge in [-0.25, -0.2) is 0 Å². The van der Waals surface area contributed by atoms with E-state index in [9.17, 15) is 4.79 Å². The van der Waals surface area contributed by atoms with Crippen molar-refractivity contribution in [1.82, 2.24) is 5.32 Å². The van der Waals surface area contributed by atoms with E-state index in [1.807, 2.05) is 0 Å². The van der Waals surface area contributed by atoms with Crippen molar-refractivity contribution in [2.75, 3.05) is 26.3 Å². The molecule has 0 atom stereocenters. The lowest BCUT2D eigenvalue weighted by Crippen LogP contribution is -2.26. The summed E-state index contributed by atoms with van der Waals surface area (Å²) < 4.78 is 5.21. The predicted octanol–water partition coefficient (Wildman–Crippen LogP) is 0.982. The first-order valence-corrected chi connectivity index (χ1v) is 5.15. The van der Waals surface area contributed by atoms with E-state index >= 15 is 0 Å². The Labute approximate surface area is 79.8 Å². The summed E-state index contributed by atoms with van der Waals surface area (Å²) in [6, 6.07) is 0. The highest BCUT2D eigenvalue weighted by atomic mass is 16.5. The largest absolute Gasteiger partial charge is 0.381 e. The molecule has 1 heterocycles. The van der Waals surface area contributed by atoms with Gasteiger partial charge in [0.05, 0.1) is 0 Å². The van der Waals surface area contributed by atoms with Gasteiger partial charge >= 0.3 is 0 Å². The lowest BCUT2D eigenvalue weighted by atomic mass is 9.93. The number of carbonyl (C=O) groups is 1. The van der Waals surface area contributed by atoms with Gasteiger partial charge in [0.25, 0.3) is 0 Å². The highest BCUT2D eigenvalue weighted by Crippen LogP contribution is 2.16. The summed E-state index contributed by atoms with van der Waals surface area (Å²) in [6.45, 7) is 5.35. The molecule has 0 spiro atoms. The molecule has 1 aliphatic heterocycles. The van der Waals surface area contributed by atoms with Gasteiger partial charge in [-0.1, -0.05) is 6.92 Å². The van der Waals surface area contributed by atoms with Gasteiger partial charge in [0.15, 0.2) is 0 Å². The van der Waals surface area contributed by atoms with Gasteiger partial charge < -0.3 is 10.1 Å². The van der Waals surface area contributed by atoms with Crippen molar-refractivity contribution < 1.29 is 9.53 Å². The van der Waals surface area contributed by atoms with Crippen molar-refractivity contribution in [3.63, 3.8) is 0 Å². The van der Waals surface area contributed by atoms with Gasteiger partial charge in [-0.2, -0.15) is 0 Å². The Morgan fingerprint density at radius 2 is 2.15 bits per heavy atom. The Kier molecular flexibility index (Phi) is 5.01. The van der Waals surface area contributed by atoms with Crippen molar-refractivity contribution >= 4 is 5.78 Å². The molecule has 1 aliphatic rings. The fourth-order valence-corrected chi connectivity index (χ4v) is 1.61. The van der Waals surface area contributed by atoms with E-state index in [2.05, 4.69) is 12.2 Å². The van der Waals surface area contributed by atoms with Crippen LogP contribution in [-0.4, -0.2) is 32.1 Å². The summed E-state index contributed by atoms with van der Waals surface area (Å²) in [5, 5.41) is 3.17. The van der Waals surface area contributed by atoms with Crippen molar-refractivity contribution in [3.05, 3.63) is 0 Å². The van der Waals surface area contributed by atoms with E-state index in [4.69, 9.17) is 4.74 Å². The zero-order chi connectivity index (χ0) is 9.52. The molecule has 0 bridgehead atoms. The highest BCUT2D eigenvalue weighted by Gasteiger charge is 2.20. The molecular weight excluding hydrogens is 166 g/mol. The Balaban J connectivity index is 2.13. The van der Waals surface area contributed by atoms with E-state index in [0.29, 0.717) is 12.2 Å². The lowest BCUT2D eigenvalue weighted by Gasteiger charge is -2.20. The van der Waals surface area contributed by atoms with Gasteiger partial charge in [0.1, 0.15) is 5.78 Å². The molecule has 0 amide bonds. The standard InChI is InChI=1S/C10H19NO2/c1-2-11-6-3-10(12)9-4-7-13-8-5-9/h9,11H,2-8H2,1H3. The topological polar surface area (TPSA) is 38.3 Å². The SMILES string of the molecule is CCNCCC(=O)C1CCOCC1. The molecule has 0 saturated carbocycles. The number of nitrogens with one attached hydrogen (secondary N) is 1. The molecule has 1 fully saturated rings. The fourth-order valence-electron chi connectivity index (χ4n) is 1.61. The Morgan fingerprint density at radius 1 is 1.46 bits per heavy atom.